The van der Waals surface area contributed by atoms with E-state index < -0.39 is 23.5 Å². The van der Waals surface area contributed by atoms with Crippen molar-refractivity contribution in [1.29, 1.82) is 0 Å². The van der Waals surface area contributed by atoms with Gasteiger partial charge in [-0.1, -0.05) is 6.07 Å². The number of nitrogens with zero attached hydrogens (tertiary/aromatic N) is 3. The number of aromatic nitrogens is 1. The zero-order valence-corrected chi connectivity index (χ0v) is 16.8. The van der Waals surface area contributed by atoms with Crippen LogP contribution in [0.5, 0.6) is 0 Å². The van der Waals surface area contributed by atoms with Gasteiger partial charge < -0.3 is 15.1 Å². The van der Waals surface area contributed by atoms with E-state index in [0.29, 0.717) is 37.4 Å². The Balaban J connectivity index is 1.49. The van der Waals surface area contributed by atoms with Crippen molar-refractivity contribution in [1.82, 2.24) is 9.88 Å². The summed E-state index contributed by atoms with van der Waals surface area (Å²) in [6, 6.07) is 7.79. The molecular weight excluding hydrogens is 416 g/mol. The van der Waals surface area contributed by atoms with E-state index in [1.807, 2.05) is 4.90 Å². The van der Waals surface area contributed by atoms with Crippen LogP contribution in [-0.2, 0) is 15.8 Å². The molecule has 0 saturated carbocycles. The number of likely N-dealkylation sites (N-methyl/N-ethyl adjacent to an activating group) is 1. The van der Waals surface area contributed by atoms with Crippen LogP contribution in [-0.4, -0.2) is 48.4 Å². The summed E-state index contributed by atoms with van der Waals surface area (Å²) < 4.78 is 51.2. The van der Waals surface area contributed by atoms with Crippen molar-refractivity contribution < 1.29 is 27.2 Å². The summed E-state index contributed by atoms with van der Waals surface area (Å²) in [4.78, 5) is 31.8. The van der Waals surface area contributed by atoms with Crippen molar-refractivity contribution >= 4 is 23.3 Å². The molecule has 0 unspecified atom stereocenters. The Morgan fingerprint density at radius 2 is 1.90 bits per heavy atom. The molecule has 0 bridgehead atoms. The maximum Gasteiger partial charge on any atom is 0.417 e. The summed E-state index contributed by atoms with van der Waals surface area (Å²) in [5, 5.41) is 2.55. The van der Waals surface area contributed by atoms with Crippen LogP contribution < -0.4 is 10.2 Å². The third kappa shape index (κ3) is 5.93. The Morgan fingerprint density at radius 3 is 2.48 bits per heavy atom. The molecule has 10 heteroatoms. The molecule has 166 valence electrons. The van der Waals surface area contributed by atoms with E-state index in [2.05, 4.69) is 10.3 Å². The van der Waals surface area contributed by atoms with Crippen LogP contribution in [0.3, 0.4) is 0 Å². The number of hydrogen-bond donors (Lipinski definition) is 1. The van der Waals surface area contributed by atoms with Gasteiger partial charge in [0, 0.05) is 37.9 Å². The van der Waals surface area contributed by atoms with Crippen LogP contribution in [0.4, 0.5) is 29.1 Å². The third-order valence-electron chi connectivity index (χ3n) is 5.11. The molecule has 2 aromatic rings. The van der Waals surface area contributed by atoms with Crippen molar-refractivity contribution in [3.8, 4) is 0 Å². The first-order valence-electron chi connectivity index (χ1n) is 9.72. The minimum atomic E-state index is -4.43. The van der Waals surface area contributed by atoms with Gasteiger partial charge in [0.25, 0.3) is 0 Å². The highest BCUT2D eigenvalue weighted by Gasteiger charge is 2.32. The topological polar surface area (TPSA) is 65.5 Å². The summed E-state index contributed by atoms with van der Waals surface area (Å²) in [7, 11) is 1.53. The lowest BCUT2D eigenvalue weighted by Crippen LogP contribution is -2.43. The number of hydrogen-bond acceptors (Lipinski definition) is 4. The normalized spacial score (nSPS) is 14.9. The van der Waals surface area contributed by atoms with Crippen molar-refractivity contribution in [3.63, 3.8) is 0 Å². The van der Waals surface area contributed by atoms with E-state index in [4.69, 9.17) is 0 Å². The fraction of sp³-hybridized carbons (Fsp3) is 0.381. The molecule has 1 aromatic carbocycles. The largest absolute Gasteiger partial charge is 0.417 e. The van der Waals surface area contributed by atoms with E-state index in [1.54, 1.807) is 6.07 Å². The Hall–Kier alpha value is -3.17. The number of piperidine rings is 1. The van der Waals surface area contributed by atoms with Crippen molar-refractivity contribution in [3.05, 3.63) is 54.0 Å². The van der Waals surface area contributed by atoms with Gasteiger partial charge in [0.2, 0.25) is 11.8 Å². The fourth-order valence-corrected chi connectivity index (χ4v) is 3.47. The number of carbonyl (C=O) groups is 2. The average molecular weight is 438 g/mol. The van der Waals surface area contributed by atoms with Crippen LogP contribution >= 0.6 is 0 Å². The standard InChI is InChI=1S/C21H22F4N4O2/c1-28(13-19(30)27-17-4-2-3-16(22)11-17)20(31)14-7-9-29(10-8-14)18-6-5-15(12-26-18)21(23,24)25/h2-6,11-12,14H,7-10,13H2,1H3,(H,27,30). The fourth-order valence-electron chi connectivity index (χ4n) is 3.47. The molecule has 1 fully saturated rings. The Morgan fingerprint density at radius 1 is 1.19 bits per heavy atom. The molecule has 6 nitrogen and oxygen atoms in total. The summed E-state index contributed by atoms with van der Waals surface area (Å²) >= 11 is 0. The highest BCUT2D eigenvalue weighted by Crippen LogP contribution is 2.30. The molecule has 0 radical (unpaired) electrons. The first-order chi connectivity index (χ1) is 14.6. The first kappa shape index (κ1) is 22.5. The molecule has 1 aliphatic rings. The Labute approximate surface area is 176 Å². The van der Waals surface area contributed by atoms with Gasteiger partial charge in [-0.3, -0.25) is 9.59 Å². The maximum atomic E-state index is 13.2. The van der Waals surface area contributed by atoms with Crippen LogP contribution in [0, 0.1) is 11.7 Å². The van der Waals surface area contributed by atoms with Crippen LogP contribution in [0.15, 0.2) is 42.6 Å². The van der Waals surface area contributed by atoms with Gasteiger partial charge >= 0.3 is 6.18 Å². The number of amides is 2. The highest BCUT2D eigenvalue weighted by molar-refractivity contribution is 5.94. The third-order valence-corrected chi connectivity index (χ3v) is 5.11. The lowest BCUT2D eigenvalue weighted by Gasteiger charge is -2.33. The average Bonchev–Trinajstić information content (AvgIpc) is 2.72. The van der Waals surface area contributed by atoms with Crippen LogP contribution in [0.1, 0.15) is 18.4 Å². The minimum absolute atomic E-state index is 0.171. The van der Waals surface area contributed by atoms with Crippen molar-refractivity contribution in [2.45, 2.75) is 19.0 Å². The van der Waals surface area contributed by atoms with Crippen LogP contribution in [0.2, 0.25) is 0 Å². The Kier molecular flexibility index (Phi) is 6.77. The Bertz CT molecular complexity index is 926. The lowest BCUT2D eigenvalue weighted by atomic mass is 9.95. The minimum Gasteiger partial charge on any atom is -0.357 e. The zero-order valence-electron chi connectivity index (χ0n) is 16.8. The van der Waals surface area contributed by atoms with Gasteiger partial charge in [-0.05, 0) is 43.2 Å². The second kappa shape index (κ2) is 9.32. The van der Waals surface area contributed by atoms with Gasteiger partial charge in [-0.15, -0.1) is 0 Å². The van der Waals surface area contributed by atoms with Gasteiger partial charge in [-0.2, -0.15) is 13.2 Å². The first-order valence-corrected chi connectivity index (χ1v) is 9.72. The number of halogens is 4. The maximum absolute atomic E-state index is 13.2. The molecule has 0 spiro atoms. The predicted molar refractivity (Wildman–Crippen MR) is 107 cm³/mol. The molecule has 31 heavy (non-hydrogen) atoms. The lowest BCUT2D eigenvalue weighted by molar-refractivity contribution is -0.138. The molecule has 1 saturated heterocycles. The molecule has 2 amide bonds. The van der Waals surface area contributed by atoms with Gasteiger partial charge in [0.05, 0.1) is 12.1 Å². The summed E-state index contributed by atoms with van der Waals surface area (Å²) in [5.41, 5.74) is -0.498. The van der Waals surface area contributed by atoms with Gasteiger partial charge in [-0.25, -0.2) is 9.37 Å². The van der Waals surface area contributed by atoms with Gasteiger partial charge in [0.1, 0.15) is 11.6 Å². The number of benzene rings is 1. The molecular formula is C21H22F4N4O2. The molecule has 0 atom stereocenters. The predicted octanol–water partition coefficient (Wildman–Crippen LogP) is 3.55. The number of alkyl halides is 3. The van der Waals surface area contributed by atoms with Crippen molar-refractivity contribution in [2.75, 3.05) is 36.9 Å². The van der Waals surface area contributed by atoms with E-state index in [-0.39, 0.29) is 18.4 Å². The molecule has 0 aliphatic carbocycles. The monoisotopic (exact) mass is 438 g/mol. The number of nitrogens with one attached hydrogen (secondary N) is 1. The van der Waals surface area contributed by atoms with E-state index in [1.165, 1.54) is 36.2 Å². The molecule has 1 aromatic heterocycles. The molecule has 3 rings (SSSR count). The van der Waals surface area contributed by atoms with E-state index >= 15 is 0 Å². The van der Waals surface area contributed by atoms with Crippen LogP contribution in [0.25, 0.3) is 0 Å². The number of pyridine rings is 1. The molecule has 2 heterocycles. The number of rotatable bonds is 5. The summed E-state index contributed by atoms with van der Waals surface area (Å²) in [6.07, 6.45) is -2.64. The van der Waals surface area contributed by atoms with Gasteiger partial charge in [0.15, 0.2) is 0 Å². The summed E-state index contributed by atoms with van der Waals surface area (Å²) in [6.45, 7) is 0.770. The molecule has 1 N–H and O–H groups in total. The summed E-state index contributed by atoms with van der Waals surface area (Å²) in [5.74, 6) is -0.960. The highest BCUT2D eigenvalue weighted by atomic mass is 19.4. The number of anilines is 2. The smallest absolute Gasteiger partial charge is 0.357 e. The SMILES string of the molecule is CN(CC(=O)Nc1cccc(F)c1)C(=O)C1CCN(c2ccc(C(F)(F)F)cn2)CC1. The second-order valence-corrected chi connectivity index (χ2v) is 7.42. The zero-order chi connectivity index (χ0) is 22.6. The quantitative estimate of drug-likeness (QED) is 0.726. The van der Waals surface area contributed by atoms with Crippen molar-refractivity contribution in [2.24, 2.45) is 5.92 Å². The number of carbonyl (C=O) groups excluding carboxylic acids is 2. The van der Waals surface area contributed by atoms with E-state index in [0.717, 1.165) is 12.3 Å². The molecule has 1 aliphatic heterocycles. The second-order valence-electron chi connectivity index (χ2n) is 7.42. The van der Waals surface area contributed by atoms with E-state index in [9.17, 15) is 27.2 Å².